The number of likely N-dealkylation sites (tertiary alicyclic amines) is 1. The molecule has 2 N–H and O–H groups in total. The third kappa shape index (κ3) is 2.22. The highest BCUT2D eigenvalue weighted by Gasteiger charge is 2.31. The van der Waals surface area contributed by atoms with Gasteiger partial charge in [0.15, 0.2) is 0 Å². The Balaban J connectivity index is 1.67. The minimum atomic E-state index is -0.371. The molecular formula is C17H19N3O2. The van der Waals surface area contributed by atoms with Gasteiger partial charge in [0.1, 0.15) is 0 Å². The zero-order valence-electron chi connectivity index (χ0n) is 12.5. The zero-order chi connectivity index (χ0) is 15.3. The molecular weight excluding hydrogens is 278 g/mol. The first-order valence-electron chi connectivity index (χ1n) is 7.76. The normalized spacial score (nSPS) is 18.4. The molecule has 0 bridgehead atoms. The van der Waals surface area contributed by atoms with Crippen molar-refractivity contribution >= 4 is 5.91 Å². The third-order valence-corrected chi connectivity index (χ3v) is 4.49. The minimum Gasteiger partial charge on any atom is -0.389 e. The van der Waals surface area contributed by atoms with Gasteiger partial charge in [0.05, 0.1) is 11.8 Å². The van der Waals surface area contributed by atoms with Crippen LogP contribution in [0.25, 0.3) is 11.1 Å². The first kappa shape index (κ1) is 13.5. The molecule has 2 aromatic rings. The summed E-state index contributed by atoms with van der Waals surface area (Å²) in [6.45, 7) is 2.89. The predicted octanol–water partition coefficient (Wildman–Crippen LogP) is 2.08. The molecule has 5 heteroatoms. The van der Waals surface area contributed by atoms with Crippen LogP contribution in [-0.4, -0.2) is 45.3 Å². The lowest BCUT2D eigenvalue weighted by Crippen LogP contribution is -2.53. The molecule has 5 nitrogen and oxygen atoms in total. The van der Waals surface area contributed by atoms with Crippen LogP contribution in [0.3, 0.4) is 0 Å². The van der Waals surface area contributed by atoms with Crippen molar-refractivity contribution in [3.8, 4) is 11.1 Å². The van der Waals surface area contributed by atoms with Crippen LogP contribution in [0.4, 0.5) is 0 Å². The van der Waals surface area contributed by atoms with Crippen molar-refractivity contribution in [2.45, 2.75) is 31.8 Å². The van der Waals surface area contributed by atoms with Crippen molar-refractivity contribution < 1.29 is 9.90 Å². The molecule has 0 unspecified atom stereocenters. The topological polar surface area (TPSA) is 69.2 Å². The Morgan fingerprint density at radius 1 is 1.36 bits per heavy atom. The molecule has 1 saturated carbocycles. The zero-order valence-corrected chi connectivity index (χ0v) is 12.5. The van der Waals surface area contributed by atoms with E-state index in [1.54, 1.807) is 4.90 Å². The molecule has 1 aromatic heterocycles. The Hall–Kier alpha value is -2.14. The fourth-order valence-corrected chi connectivity index (χ4v) is 3.08. The number of nitrogens with zero attached hydrogens (tertiary/aromatic N) is 2. The van der Waals surface area contributed by atoms with E-state index >= 15 is 0 Å². The number of carbonyl (C=O) groups is 1. The molecule has 0 spiro atoms. The van der Waals surface area contributed by atoms with Gasteiger partial charge in [-0.3, -0.25) is 9.89 Å². The number of β-amino-alcohol motifs (C(OH)–C–C–N with tert-alkyl or cyclic N) is 1. The Labute approximate surface area is 129 Å². The molecule has 0 radical (unpaired) electrons. The van der Waals surface area contributed by atoms with Gasteiger partial charge in [-0.25, -0.2) is 0 Å². The van der Waals surface area contributed by atoms with Crippen LogP contribution in [0, 0.1) is 6.92 Å². The molecule has 2 heterocycles. The second-order valence-electron chi connectivity index (χ2n) is 6.33. The summed E-state index contributed by atoms with van der Waals surface area (Å²) < 4.78 is 0. The van der Waals surface area contributed by atoms with Gasteiger partial charge < -0.3 is 10.0 Å². The van der Waals surface area contributed by atoms with E-state index in [4.69, 9.17) is 0 Å². The third-order valence-electron chi connectivity index (χ3n) is 4.49. The number of hydrogen-bond acceptors (Lipinski definition) is 3. The summed E-state index contributed by atoms with van der Waals surface area (Å²) in [5, 5.41) is 16.9. The second kappa shape index (κ2) is 4.95. The summed E-state index contributed by atoms with van der Waals surface area (Å²) in [6.07, 6.45) is 2.02. The second-order valence-corrected chi connectivity index (χ2v) is 6.33. The van der Waals surface area contributed by atoms with Gasteiger partial charge >= 0.3 is 0 Å². The quantitative estimate of drug-likeness (QED) is 0.911. The highest BCUT2D eigenvalue weighted by atomic mass is 16.3. The molecule has 1 aromatic carbocycles. The molecule has 1 amide bonds. The smallest absolute Gasteiger partial charge is 0.254 e. The predicted molar refractivity (Wildman–Crippen MR) is 82.6 cm³/mol. The number of aromatic amines is 1. The number of aromatic nitrogens is 2. The van der Waals surface area contributed by atoms with Crippen LogP contribution in [-0.2, 0) is 0 Å². The highest BCUT2D eigenvalue weighted by molar-refractivity contribution is 5.96. The van der Waals surface area contributed by atoms with E-state index in [1.807, 2.05) is 31.2 Å². The molecule has 0 atom stereocenters. The standard InChI is InChI=1S/C17H19N3O2/c1-10-15(16(19-18-10)11-5-6-11)12-3-2-4-13(7-12)17(22)20-8-14(21)9-20/h2-4,7,11,14,21H,5-6,8-9H2,1H3,(H,18,19). The number of carbonyl (C=O) groups excluding carboxylic acids is 1. The van der Waals surface area contributed by atoms with E-state index in [9.17, 15) is 9.90 Å². The molecule has 1 saturated heterocycles. The number of aryl methyl sites for hydroxylation is 1. The van der Waals surface area contributed by atoms with Gasteiger partial charge in [-0.1, -0.05) is 12.1 Å². The van der Waals surface area contributed by atoms with Gasteiger partial charge in [0.25, 0.3) is 5.91 Å². The highest BCUT2D eigenvalue weighted by Crippen LogP contribution is 2.44. The summed E-state index contributed by atoms with van der Waals surface area (Å²) in [4.78, 5) is 14.1. The van der Waals surface area contributed by atoms with Gasteiger partial charge in [-0.2, -0.15) is 5.10 Å². The summed E-state index contributed by atoms with van der Waals surface area (Å²) >= 11 is 0. The fourth-order valence-electron chi connectivity index (χ4n) is 3.08. The summed E-state index contributed by atoms with van der Waals surface area (Å²) in [6, 6.07) is 7.73. The van der Waals surface area contributed by atoms with Crippen LogP contribution >= 0.6 is 0 Å². The lowest BCUT2D eigenvalue weighted by atomic mass is 9.98. The SMILES string of the molecule is Cc1[nH]nc(C2CC2)c1-c1cccc(C(=O)N2CC(O)C2)c1. The van der Waals surface area contributed by atoms with E-state index < -0.39 is 0 Å². The van der Waals surface area contributed by atoms with Gasteiger partial charge in [-0.15, -0.1) is 0 Å². The number of aliphatic hydroxyl groups excluding tert-OH is 1. The molecule has 2 fully saturated rings. The van der Waals surface area contributed by atoms with Crippen LogP contribution in [0.1, 0.15) is 40.5 Å². The molecule has 4 rings (SSSR count). The van der Waals surface area contributed by atoms with Gasteiger partial charge in [0, 0.05) is 35.8 Å². The number of rotatable bonds is 3. The fraction of sp³-hybridized carbons (Fsp3) is 0.412. The van der Waals surface area contributed by atoms with E-state index in [0.717, 1.165) is 22.5 Å². The summed E-state index contributed by atoms with van der Waals surface area (Å²) in [7, 11) is 0. The maximum Gasteiger partial charge on any atom is 0.254 e. The van der Waals surface area contributed by atoms with Crippen molar-refractivity contribution in [1.82, 2.24) is 15.1 Å². The first-order valence-corrected chi connectivity index (χ1v) is 7.76. The average molecular weight is 297 g/mol. The number of hydrogen-bond donors (Lipinski definition) is 2. The maximum atomic E-state index is 12.4. The Bertz CT molecular complexity index is 727. The van der Waals surface area contributed by atoms with Crippen molar-refractivity contribution in [2.75, 3.05) is 13.1 Å². The Morgan fingerprint density at radius 3 is 2.82 bits per heavy atom. The average Bonchev–Trinajstić information content (AvgIpc) is 3.26. The Kier molecular flexibility index (Phi) is 3.04. The number of benzene rings is 1. The van der Waals surface area contributed by atoms with Crippen LogP contribution < -0.4 is 0 Å². The van der Waals surface area contributed by atoms with Crippen molar-refractivity contribution in [1.29, 1.82) is 0 Å². The lowest BCUT2D eigenvalue weighted by molar-refractivity contribution is 0.00590. The lowest BCUT2D eigenvalue weighted by Gasteiger charge is -2.35. The van der Waals surface area contributed by atoms with E-state index in [1.165, 1.54) is 12.8 Å². The molecule has 22 heavy (non-hydrogen) atoms. The molecule has 1 aliphatic carbocycles. The molecule has 114 valence electrons. The molecule has 2 aliphatic rings. The van der Waals surface area contributed by atoms with Crippen molar-refractivity contribution in [2.24, 2.45) is 0 Å². The van der Waals surface area contributed by atoms with Crippen molar-refractivity contribution in [3.63, 3.8) is 0 Å². The monoisotopic (exact) mass is 297 g/mol. The van der Waals surface area contributed by atoms with Crippen molar-refractivity contribution in [3.05, 3.63) is 41.2 Å². The van der Waals surface area contributed by atoms with Gasteiger partial charge in [-0.05, 0) is 37.5 Å². The maximum absolute atomic E-state index is 12.4. The number of H-pyrrole nitrogens is 1. The van der Waals surface area contributed by atoms with Crippen LogP contribution in [0.5, 0.6) is 0 Å². The number of nitrogens with one attached hydrogen (secondary N) is 1. The first-order chi connectivity index (χ1) is 10.6. The van der Waals surface area contributed by atoms with Crippen LogP contribution in [0.15, 0.2) is 24.3 Å². The minimum absolute atomic E-state index is 0.0127. The van der Waals surface area contributed by atoms with E-state index in [-0.39, 0.29) is 12.0 Å². The largest absolute Gasteiger partial charge is 0.389 e. The van der Waals surface area contributed by atoms with E-state index in [2.05, 4.69) is 10.2 Å². The molecule has 1 aliphatic heterocycles. The Morgan fingerprint density at radius 2 is 2.14 bits per heavy atom. The van der Waals surface area contributed by atoms with Crippen LogP contribution in [0.2, 0.25) is 0 Å². The number of amides is 1. The summed E-state index contributed by atoms with van der Waals surface area (Å²) in [5.74, 6) is 0.547. The van der Waals surface area contributed by atoms with E-state index in [0.29, 0.717) is 24.6 Å². The van der Waals surface area contributed by atoms with Gasteiger partial charge in [0.2, 0.25) is 0 Å². The summed E-state index contributed by atoms with van der Waals surface area (Å²) in [5.41, 5.74) is 5.03. The number of aliphatic hydroxyl groups is 1.